The second-order valence-corrected chi connectivity index (χ2v) is 5.03. The number of carboxylic acids is 2. The molecule has 0 aromatic heterocycles. The lowest BCUT2D eigenvalue weighted by atomic mass is 10.5. The number of hydrogen-bond donors (Lipinski definition) is 7. The number of rotatable bonds is 3. The molecule has 0 rings (SSSR count). The smallest absolute Gasteiger partial charge is 0.316 e. The standard InChI is InChI=1S/3C3H6O2S.H3N/c2*1-2(6)3(4)5;1-2(4)3(5)6;/h2*2,6H,1H3,(H,4,5);2,4H,1H3,(H,5,6);1H3. The van der Waals surface area contributed by atoms with Crippen LogP contribution in [0.2, 0.25) is 0 Å². The van der Waals surface area contributed by atoms with E-state index in [1.54, 1.807) is 0 Å². The largest absolute Gasteiger partial charge is 0.480 e. The van der Waals surface area contributed by atoms with Gasteiger partial charge in [0.25, 0.3) is 0 Å². The normalized spacial score (nSPS) is 13.0. The Labute approximate surface area is 128 Å². The summed E-state index contributed by atoms with van der Waals surface area (Å²) in [5.41, 5.74) is 0. The number of carbonyl (C=O) groups excluding carboxylic acids is 1. The number of hydrogen-bond acceptors (Lipinski definition) is 7. The van der Waals surface area contributed by atoms with E-state index in [2.05, 4.69) is 37.9 Å². The minimum Gasteiger partial charge on any atom is -0.480 e. The first-order valence-electron chi connectivity index (χ1n) is 4.66. The van der Waals surface area contributed by atoms with Crippen molar-refractivity contribution >= 4 is 54.9 Å². The molecule has 0 aliphatic rings. The zero-order chi connectivity index (χ0) is 15.5. The van der Waals surface area contributed by atoms with Gasteiger partial charge >= 0.3 is 11.9 Å². The summed E-state index contributed by atoms with van der Waals surface area (Å²) in [6, 6.07) is 0. The van der Waals surface area contributed by atoms with Crippen LogP contribution in [0.1, 0.15) is 20.8 Å². The van der Waals surface area contributed by atoms with Crippen molar-refractivity contribution in [3.8, 4) is 0 Å². The zero-order valence-electron chi connectivity index (χ0n) is 10.8. The first-order valence-corrected chi connectivity index (χ1v) is 6.14. The number of aliphatic hydroxyl groups is 1. The average Bonchev–Trinajstić information content (AvgIpc) is 2.18. The molecule has 0 aromatic rings. The summed E-state index contributed by atoms with van der Waals surface area (Å²) < 4.78 is 0. The fourth-order valence-electron chi connectivity index (χ4n) is 0. The zero-order valence-corrected chi connectivity index (χ0v) is 13.5. The van der Waals surface area contributed by atoms with E-state index in [-0.39, 0.29) is 6.15 Å². The Hall–Kier alpha value is -0.420. The summed E-state index contributed by atoms with van der Waals surface area (Å²) in [6.07, 6.45) is -0.923. The van der Waals surface area contributed by atoms with Crippen molar-refractivity contribution in [1.29, 1.82) is 0 Å². The summed E-state index contributed by atoms with van der Waals surface area (Å²) in [5.74, 6) is -1.75. The molecule has 3 unspecified atom stereocenters. The molecular formula is C9H21NO6S3. The quantitative estimate of drug-likeness (QED) is 0.377. The molecule has 0 heterocycles. The predicted octanol–water partition coefficient (Wildman–Crippen LogP) is 0.764. The van der Waals surface area contributed by atoms with Crippen molar-refractivity contribution in [3.05, 3.63) is 0 Å². The van der Waals surface area contributed by atoms with Gasteiger partial charge in [-0.25, -0.2) is 0 Å². The number of carboxylic acid groups (broad SMARTS) is 2. The summed E-state index contributed by atoms with van der Waals surface area (Å²) in [6.45, 7) is 4.38. The third-order valence-electron chi connectivity index (χ3n) is 1.07. The highest BCUT2D eigenvalue weighted by molar-refractivity contribution is 7.96. The van der Waals surface area contributed by atoms with Crippen LogP contribution >= 0.6 is 37.9 Å². The number of thiol groups is 3. The first-order chi connectivity index (χ1) is 7.93. The number of aliphatic carboxylic acids is 2. The van der Waals surface area contributed by atoms with E-state index in [9.17, 15) is 14.4 Å². The van der Waals surface area contributed by atoms with Gasteiger partial charge in [0.2, 0.25) is 5.12 Å². The number of carbonyl (C=O) groups is 3. The third-order valence-corrected chi connectivity index (χ3v) is 1.89. The van der Waals surface area contributed by atoms with E-state index in [1.165, 1.54) is 20.8 Å². The highest BCUT2D eigenvalue weighted by Crippen LogP contribution is 1.89. The lowest BCUT2D eigenvalue weighted by Crippen LogP contribution is -2.07. The fraction of sp³-hybridized carbons (Fsp3) is 0.667. The van der Waals surface area contributed by atoms with Gasteiger partial charge in [-0.05, 0) is 20.8 Å². The van der Waals surface area contributed by atoms with Gasteiger partial charge in [0.1, 0.15) is 6.10 Å². The average molecular weight is 335 g/mol. The molecule has 0 bridgehead atoms. The maximum atomic E-state index is 9.76. The highest BCUT2D eigenvalue weighted by atomic mass is 32.1. The molecule has 10 heteroatoms. The Morgan fingerprint density at radius 1 is 0.895 bits per heavy atom. The van der Waals surface area contributed by atoms with Crippen molar-refractivity contribution in [2.45, 2.75) is 37.4 Å². The lowest BCUT2D eigenvalue weighted by molar-refractivity contribution is -0.137. The monoisotopic (exact) mass is 335 g/mol. The van der Waals surface area contributed by atoms with Crippen LogP contribution in [0.5, 0.6) is 0 Å². The second-order valence-electron chi connectivity index (χ2n) is 3.04. The molecule has 0 saturated carbocycles. The van der Waals surface area contributed by atoms with E-state index in [1.807, 2.05) is 0 Å². The van der Waals surface area contributed by atoms with Gasteiger partial charge in [-0.1, -0.05) is 0 Å². The summed E-state index contributed by atoms with van der Waals surface area (Å²) in [5, 5.41) is 22.5. The molecule has 116 valence electrons. The Bertz CT molecular complexity index is 228. The van der Waals surface area contributed by atoms with Gasteiger partial charge in [0.05, 0.1) is 10.5 Å². The van der Waals surface area contributed by atoms with E-state index in [0.717, 1.165) is 0 Å². The molecule has 0 fully saturated rings. The van der Waals surface area contributed by atoms with Gasteiger partial charge in [-0.15, -0.1) is 12.6 Å². The first kappa shape index (κ1) is 27.0. The summed E-state index contributed by atoms with van der Waals surface area (Å²) in [4.78, 5) is 29.0. The topological polar surface area (TPSA) is 147 Å². The predicted molar refractivity (Wildman–Crippen MR) is 82.9 cm³/mol. The van der Waals surface area contributed by atoms with Gasteiger partial charge in [-0.2, -0.15) is 25.3 Å². The molecule has 0 aliphatic carbocycles. The SMILES string of the molecule is CC(O)C(=O)S.CC(S)C(=O)O.CC(S)C(=O)O.N. The third kappa shape index (κ3) is 31.8. The van der Waals surface area contributed by atoms with Crippen molar-refractivity contribution in [1.82, 2.24) is 6.15 Å². The molecule has 6 N–H and O–H groups in total. The summed E-state index contributed by atoms with van der Waals surface area (Å²) in [7, 11) is 0. The van der Waals surface area contributed by atoms with Crippen molar-refractivity contribution < 1.29 is 29.7 Å². The van der Waals surface area contributed by atoms with E-state index in [0.29, 0.717) is 0 Å². The van der Waals surface area contributed by atoms with Crippen LogP contribution in [0.4, 0.5) is 0 Å². The highest BCUT2D eigenvalue weighted by Gasteiger charge is 2.01. The Morgan fingerprint density at radius 2 is 1.00 bits per heavy atom. The van der Waals surface area contributed by atoms with Crippen LogP contribution in [0, 0.1) is 0 Å². The minimum atomic E-state index is -0.923. The van der Waals surface area contributed by atoms with Gasteiger partial charge in [-0.3, -0.25) is 14.4 Å². The molecule has 0 aliphatic heterocycles. The molecule has 0 saturated heterocycles. The molecule has 7 nitrogen and oxygen atoms in total. The molecule has 0 amide bonds. The maximum Gasteiger partial charge on any atom is 0.316 e. The Morgan fingerprint density at radius 3 is 1.00 bits per heavy atom. The van der Waals surface area contributed by atoms with E-state index >= 15 is 0 Å². The van der Waals surface area contributed by atoms with Crippen LogP contribution in [0.25, 0.3) is 0 Å². The maximum absolute atomic E-state index is 9.76. The molecule has 19 heavy (non-hydrogen) atoms. The molecule has 0 radical (unpaired) electrons. The van der Waals surface area contributed by atoms with Crippen molar-refractivity contribution in [2.24, 2.45) is 0 Å². The van der Waals surface area contributed by atoms with Crippen molar-refractivity contribution in [3.63, 3.8) is 0 Å². The molecular weight excluding hydrogens is 314 g/mol. The van der Waals surface area contributed by atoms with E-state index in [4.69, 9.17) is 15.3 Å². The second kappa shape index (κ2) is 15.6. The van der Waals surface area contributed by atoms with Crippen LogP contribution < -0.4 is 6.15 Å². The van der Waals surface area contributed by atoms with Crippen LogP contribution in [0.15, 0.2) is 0 Å². The lowest BCUT2D eigenvalue weighted by Gasteiger charge is -1.89. The number of aliphatic hydroxyl groups excluding tert-OH is 1. The van der Waals surface area contributed by atoms with Gasteiger partial charge < -0.3 is 21.5 Å². The van der Waals surface area contributed by atoms with Gasteiger partial charge in [0.15, 0.2) is 0 Å². The molecule has 3 atom stereocenters. The van der Waals surface area contributed by atoms with E-state index < -0.39 is 33.7 Å². The van der Waals surface area contributed by atoms with Gasteiger partial charge in [0, 0.05) is 0 Å². The minimum absolute atomic E-state index is 0. The summed E-state index contributed by atoms with van der Waals surface area (Å²) >= 11 is 10.5. The molecule has 0 aromatic carbocycles. The Balaban J connectivity index is -0.0000000865. The van der Waals surface area contributed by atoms with Crippen LogP contribution in [0.3, 0.4) is 0 Å². The van der Waals surface area contributed by atoms with Crippen molar-refractivity contribution in [2.75, 3.05) is 0 Å². The van der Waals surface area contributed by atoms with Crippen LogP contribution in [-0.2, 0) is 14.4 Å². The Kier molecular flexibility index (Phi) is 22.2. The molecule has 0 spiro atoms. The fourth-order valence-corrected chi connectivity index (χ4v) is 0. The van der Waals surface area contributed by atoms with Crippen LogP contribution in [-0.4, -0.2) is 49.0 Å².